The van der Waals surface area contributed by atoms with Crippen LogP contribution < -0.4 is 0 Å². The molecule has 1 aliphatic rings. The third kappa shape index (κ3) is 1.50. The highest BCUT2D eigenvalue weighted by atomic mass is 16.5. The van der Waals surface area contributed by atoms with E-state index in [0.717, 1.165) is 36.8 Å². The molecule has 2 aromatic rings. The lowest BCUT2D eigenvalue weighted by molar-refractivity contribution is 0.112. The van der Waals surface area contributed by atoms with Gasteiger partial charge in [0.25, 0.3) is 0 Å². The van der Waals surface area contributed by atoms with Crippen LogP contribution in [0.25, 0.3) is 10.9 Å². The number of fused-ring (bicyclic) bond motifs is 3. The van der Waals surface area contributed by atoms with E-state index in [1.807, 2.05) is 18.2 Å². The van der Waals surface area contributed by atoms with Crippen molar-refractivity contribution in [1.29, 1.82) is 0 Å². The number of benzene rings is 1. The van der Waals surface area contributed by atoms with E-state index in [9.17, 15) is 4.79 Å². The first kappa shape index (κ1) is 10.5. The zero-order chi connectivity index (χ0) is 11.8. The highest BCUT2D eigenvalue weighted by Crippen LogP contribution is 2.32. The van der Waals surface area contributed by atoms with Gasteiger partial charge in [0, 0.05) is 41.7 Å². The predicted octanol–water partition coefficient (Wildman–Crippen LogP) is 2.27. The van der Waals surface area contributed by atoms with E-state index < -0.39 is 0 Å². The first-order chi connectivity index (χ1) is 8.35. The van der Waals surface area contributed by atoms with Gasteiger partial charge in [-0.05, 0) is 12.5 Å². The molecule has 1 atom stereocenters. The molecule has 3 nitrogen and oxygen atoms in total. The van der Waals surface area contributed by atoms with Crippen molar-refractivity contribution in [2.75, 3.05) is 13.7 Å². The minimum absolute atomic E-state index is 0.498. The summed E-state index contributed by atoms with van der Waals surface area (Å²) in [5, 5.41) is 1.08. The van der Waals surface area contributed by atoms with Crippen molar-refractivity contribution < 1.29 is 9.53 Å². The van der Waals surface area contributed by atoms with Gasteiger partial charge in [-0.3, -0.25) is 4.79 Å². The Labute approximate surface area is 100.0 Å². The Kier molecular flexibility index (Phi) is 2.48. The predicted molar refractivity (Wildman–Crippen MR) is 66.4 cm³/mol. The van der Waals surface area contributed by atoms with Gasteiger partial charge < -0.3 is 9.30 Å². The van der Waals surface area contributed by atoms with Crippen molar-refractivity contribution in [3.63, 3.8) is 0 Å². The van der Waals surface area contributed by atoms with Crippen LogP contribution in [0.2, 0.25) is 0 Å². The van der Waals surface area contributed by atoms with Gasteiger partial charge in [0.05, 0.1) is 6.61 Å². The Morgan fingerprint density at radius 2 is 2.29 bits per heavy atom. The molecule has 88 valence electrons. The molecule has 0 saturated carbocycles. The summed E-state index contributed by atoms with van der Waals surface area (Å²) in [6, 6.07) is 8.11. The third-order valence-electron chi connectivity index (χ3n) is 3.56. The molecule has 0 N–H and O–H groups in total. The molecule has 0 bridgehead atoms. The van der Waals surface area contributed by atoms with Crippen LogP contribution in [0.5, 0.6) is 0 Å². The Morgan fingerprint density at radius 3 is 3.06 bits per heavy atom. The van der Waals surface area contributed by atoms with Gasteiger partial charge in [-0.1, -0.05) is 18.2 Å². The van der Waals surface area contributed by atoms with E-state index in [1.165, 1.54) is 11.2 Å². The number of para-hydroxylation sites is 1. The molecular weight excluding hydrogens is 214 g/mol. The lowest BCUT2D eigenvalue weighted by Gasteiger charge is -2.07. The van der Waals surface area contributed by atoms with Crippen molar-refractivity contribution in [2.45, 2.75) is 13.0 Å². The van der Waals surface area contributed by atoms with Crippen LogP contribution in [-0.2, 0) is 17.7 Å². The fraction of sp³-hybridized carbons (Fsp3) is 0.357. The average molecular weight is 229 g/mol. The minimum atomic E-state index is 0.498. The Hall–Kier alpha value is -1.61. The Bertz CT molecular complexity index is 571. The molecule has 0 fully saturated rings. The summed E-state index contributed by atoms with van der Waals surface area (Å²) in [5.74, 6) is 0.498. The van der Waals surface area contributed by atoms with Gasteiger partial charge in [0.1, 0.15) is 0 Å². The number of carbonyl (C=O) groups excluding carboxylic acids is 1. The second-order valence-electron chi connectivity index (χ2n) is 4.63. The number of nitrogens with zero attached hydrogens (tertiary/aromatic N) is 1. The summed E-state index contributed by atoms with van der Waals surface area (Å²) in [4.78, 5) is 11.3. The number of hydrogen-bond donors (Lipinski definition) is 0. The molecule has 0 spiro atoms. The molecule has 0 radical (unpaired) electrons. The lowest BCUT2D eigenvalue weighted by atomic mass is 10.0. The van der Waals surface area contributed by atoms with Gasteiger partial charge in [0.2, 0.25) is 0 Å². The average Bonchev–Trinajstić information content (AvgIpc) is 2.86. The van der Waals surface area contributed by atoms with Gasteiger partial charge in [-0.2, -0.15) is 0 Å². The summed E-state index contributed by atoms with van der Waals surface area (Å²) in [5.41, 5.74) is 3.20. The van der Waals surface area contributed by atoms with E-state index in [1.54, 1.807) is 7.11 Å². The summed E-state index contributed by atoms with van der Waals surface area (Å²) < 4.78 is 7.48. The number of carbonyl (C=O) groups is 1. The topological polar surface area (TPSA) is 31.2 Å². The third-order valence-corrected chi connectivity index (χ3v) is 3.56. The van der Waals surface area contributed by atoms with E-state index in [-0.39, 0.29) is 0 Å². The quantitative estimate of drug-likeness (QED) is 0.756. The Morgan fingerprint density at radius 1 is 1.47 bits per heavy atom. The first-order valence-corrected chi connectivity index (χ1v) is 5.89. The van der Waals surface area contributed by atoms with E-state index >= 15 is 0 Å². The number of ether oxygens (including phenoxy) is 1. The molecule has 2 heterocycles. The second-order valence-corrected chi connectivity index (χ2v) is 4.63. The van der Waals surface area contributed by atoms with Crippen LogP contribution in [0, 0.1) is 5.92 Å². The zero-order valence-electron chi connectivity index (χ0n) is 9.85. The van der Waals surface area contributed by atoms with Crippen LogP contribution in [0.4, 0.5) is 0 Å². The number of aldehydes is 1. The highest BCUT2D eigenvalue weighted by Gasteiger charge is 2.27. The second kappa shape index (κ2) is 4.00. The molecular formula is C14H15NO2. The van der Waals surface area contributed by atoms with Crippen molar-refractivity contribution in [2.24, 2.45) is 5.92 Å². The molecule has 1 aromatic carbocycles. The fourth-order valence-electron chi connectivity index (χ4n) is 2.89. The van der Waals surface area contributed by atoms with E-state index in [0.29, 0.717) is 5.92 Å². The molecule has 1 aromatic heterocycles. The standard InChI is InChI=1S/C14H15NO2/c1-17-9-10-6-14-12(8-16)11-4-2-3-5-13(11)15(14)7-10/h2-5,8,10H,6-7,9H2,1H3. The molecule has 0 amide bonds. The fourth-order valence-corrected chi connectivity index (χ4v) is 2.89. The maximum absolute atomic E-state index is 11.3. The summed E-state index contributed by atoms with van der Waals surface area (Å²) >= 11 is 0. The van der Waals surface area contributed by atoms with Crippen molar-refractivity contribution >= 4 is 17.2 Å². The molecule has 1 aliphatic heterocycles. The van der Waals surface area contributed by atoms with E-state index in [4.69, 9.17) is 4.74 Å². The van der Waals surface area contributed by atoms with Crippen LogP contribution in [0.3, 0.4) is 0 Å². The molecule has 17 heavy (non-hydrogen) atoms. The normalized spacial score (nSPS) is 18.5. The van der Waals surface area contributed by atoms with E-state index in [2.05, 4.69) is 10.6 Å². The molecule has 3 rings (SSSR count). The Balaban J connectivity index is 2.14. The molecule has 0 aliphatic carbocycles. The van der Waals surface area contributed by atoms with Crippen LogP contribution in [-0.4, -0.2) is 24.6 Å². The minimum Gasteiger partial charge on any atom is -0.384 e. The first-order valence-electron chi connectivity index (χ1n) is 5.89. The SMILES string of the molecule is COCC1Cc2c(C=O)c3ccccc3n2C1. The highest BCUT2D eigenvalue weighted by molar-refractivity contribution is 5.99. The summed E-state index contributed by atoms with van der Waals surface area (Å²) in [6.45, 7) is 1.71. The molecule has 0 saturated heterocycles. The lowest BCUT2D eigenvalue weighted by Crippen LogP contribution is -2.09. The van der Waals surface area contributed by atoms with Crippen LogP contribution >= 0.6 is 0 Å². The van der Waals surface area contributed by atoms with Gasteiger partial charge in [0.15, 0.2) is 6.29 Å². The largest absolute Gasteiger partial charge is 0.384 e. The van der Waals surface area contributed by atoms with Crippen LogP contribution in [0.1, 0.15) is 16.1 Å². The smallest absolute Gasteiger partial charge is 0.152 e. The monoisotopic (exact) mass is 229 g/mol. The maximum Gasteiger partial charge on any atom is 0.152 e. The van der Waals surface area contributed by atoms with Crippen molar-refractivity contribution in [3.8, 4) is 0 Å². The molecule has 3 heteroatoms. The zero-order valence-corrected chi connectivity index (χ0v) is 9.85. The van der Waals surface area contributed by atoms with Crippen molar-refractivity contribution in [1.82, 2.24) is 4.57 Å². The van der Waals surface area contributed by atoms with Gasteiger partial charge >= 0.3 is 0 Å². The van der Waals surface area contributed by atoms with Gasteiger partial charge in [-0.25, -0.2) is 0 Å². The maximum atomic E-state index is 11.3. The number of methoxy groups -OCH3 is 1. The number of rotatable bonds is 3. The summed E-state index contributed by atoms with van der Waals surface area (Å²) in [7, 11) is 1.73. The summed E-state index contributed by atoms with van der Waals surface area (Å²) in [6.07, 6.45) is 1.93. The number of hydrogen-bond acceptors (Lipinski definition) is 2. The van der Waals surface area contributed by atoms with Crippen molar-refractivity contribution in [3.05, 3.63) is 35.5 Å². The number of aromatic nitrogens is 1. The molecule has 1 unspecified atom stereocenters. The van der Waals surface area contributed by atoms with Gasteiger partial charge in [-0.15, -0.1) is 0 Å². The van der Waals surface area contributed by atoms with Crippen LogP contribution in [0.15, 0.2) is 24.3 Å².